The first-order chi connectivity index (χ1) is 43.3. The SMILES string of the molecule is CCCCCCCCCCCCCCCCCCCCCCCC(CCCCCCCCCCCCCCCCCCCCCCCCSCCCCCCCCCCCCCCCCCC)SCCCCCCCCCCCCCCCCCCC. The van der Waals surface area contributed by atoms with Crippen molar-refractivity contribution in [2.24, 2.45) is 0 Å². The Balaban J connectivity index is 3.81. The molecule has 0 aliphatic heterocycles. The highest BCUT2D eigenvalue weighted by molar-refractivity contribution is 7.99. The van der Waals surface area contributed by atoms with E-state index >= 15 is 0 Å². The van der Waals surface area contributed by atoms with Crippen LogP contribution in [0.15, 0.2) is 0 Å². The van der Waals surface area contributed by atoms with Crippen LogP contribution in [0.25, 0.3) is 0 Å². The number of unbranched alkanes of at least 4 members (excludes halogenated alkanes) is 72. The monoisotopic (exact) mass is 1260 g/mol. The minimum absolute atomic E-state index is 0.943. The Hall–Kier alpha value is 0.700. The summed E-state index contributed by atoms with van der Waals surface area (Å²) in [5.74, 6) is 4.26. The van der Waals surface area contributed by atoms with Gasteiger partial charge in [-0.05, 0) is 49.4 Å². The highest BCUT2D eigenvalue weighted by Crippen LogP contribution is 2.27. The highest BCUT2D eigenvalue weighted by atomic mass is 32.2. The summed E-state index contributed by atoms with van der Waals surface area (Å²) in [6.07, 6.45) is 116. The van der Waals surface area contributed by atoms with Gasteiger partial charge in [-0.25, -0.2) is 0 Å². The molecule has 0 fully saturated rings. The van der Waals surface area contributed by atoms with Crippen LogP contribution in [0.5, 0.6) is 0 Å². The molecule has 0 saturated heterocycles. The largest absolute Gasteiger partial charge is 0.162 e. The molecule has 0 aromatic rings. The van der Waals surface area contributed by atoms with Gasteiger partial charge in [-0.3, -0.25) is 0 Å². The van der Waals surface area contributed by atoms with Crippen LogP contribution in [0.2, 0.25) is 0 Å². The molecule has 87 heavy (non-hydrogen) atoms. The maximum absolute atomic E-state index is 2.40. The van der Waals surface area contributed by atoms with Crippen molar-refractivity contribution >= 4 is 23.5 Å². The van der Waals surface area contributed by atoms with Gasteiger partial charge < -0.3 is 0 Å². The predicted molar refractivity (Wildman–Crippen MR) is 411 cm³/mol. The van der Waals surface area contributed by atoms with Crippen molar-refractivity contribution in [2.45, 2.75) is 527 Å². The van der Waals surface area contributed by atoms with Crippen LogP contribution < -0.4 is 0 Å². The maximum Gasteiger partial charge on any atom is 0.00470 e. The predicted octanol–water partition coefficient (Wildman–Crippen LogP) is 33.3. The second-order valence-corrected chi connectivity index (χ2v) is 32.1. The Morgan fingerprint density at radius 1 is 0.138 bits per heavy atom. The zero-order valence-electron chi connectivity index (χ0n) is 61.7. The molecule has 524 valence electrons. The van der Waals surface area contributed by atoms with E-state index in [-0.39, 0.29) is 0 Å². The first-order valence-electron chi connectivity index (χ1n) is 42.5. The number of rotatable bonds is 83. The van der Waals surface area contributed by atoms with E-state index in [2.05, 4.69) is 44.3 Å². The van der Waals surface area contributed by atoms with Crippen molar-refractivity contribution in [2.75, 3.05) is 17.3 Å². The molecular formula is C85H172S2. The molecule has 0 radical (unpaired) electrons. The molecule has 0 aromatic heterocycles. The first-order valence-corrected chi connectivity index (χ1v) is 44.7. The smallest absolute Gasteiger partial charge is 0.00470 e. The summed E-state index contributed by atoms with van der Waals surface area (Å²) in [6, 6.07) is 0. The molecule has 0 saturated carbocycles. The lowest BCUT2D eigenvalue weighted by Crippen LogP contribution is -2.04. The Morgan fingerprint density at radius 2 is 0.264 bits per heavy atom. The summed E-state index contributed by atoms with van der Waals surface area (Å²) >= 11 is 4.64. The van der Waals surface area contributed by atoms with Crippen LogP contribution in [-0.2, 0) is 0 Å². The summed E-state index contributed by atoms with van der Waals surface area (Å²) in [5.41, 5.74) is 0. The van der Waals surface area contributed by atoms with Crippen LogP contribution >= 0.6 is 23.5 Å². The fraction of sp³-hybridized carbons (Fsp3) is 1.00. The summed E-state index contributed by atoms with van der Waals surface area (Å²) in [7, 11) is 0. The molecule has 0 heterocycles. The molecule has 0 aliphatic rings. The van der Waals surface area contributed by atoms with E-state index in [0.717, 1.165) is 5.25 Å². The van der Waals surface area contributed by atoms with Crippen LogP contribution in [0.3, 0.4) is 0 Å². The van der Waals surface area contributed by atoms with Crippen LogP contribution in [0, 0.1) is 0 Å². The van der Waals surface area contributed by atoms with Gasteiger partial charge in [0.05, 0.1) is 0 Å². The molecular weight excluding hydrogens is 1090 g/mol. The van der Waals surface area contributed by atoms with Gasteiger partial charge in [-0.15, -0.1) is 0 Å². The molecule has 0 nitrogen and oxygen atoms in total. The molecule has 0 aliphatic carbocycles. The van der Waals surface area contributed by atoms with Gasteiger partial charge in [0.1, 0.15) is 0 Å². The highest BCUT2D eigenvalue weighted by Gasteiger charge is 2.10. The van der Waals surface area contributed by atoms with Crippen LogP contribution in [0.1, 0.15) is 522 Å². The standard InChI is InChI=1S/C85H172S2/c1-4-7-10-13-16-19-22-25-28-31-32-35-38-41-45-50-55-60-65-70-75-80-85(87-84-79-74-69-64-59-54-49-43-29-26-23-20-17-14-11-8-5-2)81-76-71-66-61-56-51-46-42-39-36-33-34-37-40-44-48-53-58-63-68-73-78-83-86-82-77-72-67-62-57-52-47-30-27-24-21-18-15-12-9-6-3/h85H,4-84H2,1-3H3. The van der Waals surface area contributed by atoms with E-state index in [4.69, 9.17) is 0 Å². The van der Waals surface area contributed by atoms with Crippen molar-refractivity contribution in [1.29, 1.82) is 0 Å². The normalized spacial score (nSPS) is 12.2. The second-order valence-electron chi connectivity index (χ2n) is 29.5. The molecule has 0 spiro atoms. The van der Waals surface area contributed by atoms with Gasteiger partial charge in [0, 0.05) is 5.25 Å². The van der Waals surface area contributed by atoms with E-state index in [1.807, 2.05) is 0 Å². The molecule has 0 aromatic carbocycles. The fourth-order valence-electron chi connectivity index (χ4n) is 14.2. The average molecular weight is 1260 g/mol. The van der Waals surface area contributed by atoms with Gasteiger partial charge in [0.2, 0.25) is 0 Å². The molecule has 0 rings (SSSR count). The van der Waals surface area contributed by atoms with Crippen LogP contribution in [0.4, 0.5) is 0 Å². The van der Waals surface area contributed by atoms with Crippen molar-refractivity contribution in [3.63, 3.8) is 0 Å². The Kier molecular flexibility index (Phi) is 85.4. The van der Waals surface area contributed by atoms with Crippen molar-refractivity contribution in [1.82, 2.24) is 0 Å². The van der Waals surface area contributed by atoms with E-state index in [9.17, 15) is 0 Å². The van der Waals surface area contributed by atoms with Crippen molar-refractivity contribution < 1.29 is 0 Å². The number of hydrogen-bond donors (Lipinski definition) is 0. The van der Waals surface area contributed by atoms with Gasteiger partial charge in [0.15, 0.2) is 0 Å². The molecule has 0 N–H and O–H groups in total. The quantitative estimate of drug-likeness (QED) is 0.0557. The summed E-state index contributed by atoms with van der Waals surface area (Å²) < 4.78 is 0. The van der Waals surface area contributed by atoms with E-state index in [1.54, 1.807) is 0 Å². The zero-order chi connectivity index (χ0) is 62.3. The molecule has 0 amide bonds. The van der Waals surface area contributed by atoms with Gasteiger partial charge >= 0.3 is 0 Å². The second kappa shape index (κ2) is 84.7. The minimum atomic E-state index is 0.943. The third kappa shape index (κ3) is 82.7. The Morgan fingerprint density at radius 3 is 0.425 bits per heavy atom. The first kappa shape index (κ1) is 87.7. The molecule has 2 heteroatoms. The van der Waals surface area contributed by atoms with Crippen LogP contribution in [-0.4, -0.2) is 22.5 Å². The minimum Gasteiger partial charge on any atom is -0.162 e. The topological polar surface area (TPSA) is 0 Å². The van der Waals surface area contributed by atoms with E-state index in [1.165, 1.54) is 518 Å². The van der Waals surface area contributed by atoms with E-state index < -0.39 is 0 Å². The summed E-state index contributed by atoms with van der Waals surface area (Å²) in [4.78, 5) is 0. The zero-order valence-corrected chi connectivity index (χ0v) is 63.3. The number of hydrogen-bond acceptors (Lipinski definition) is 2. The molecule has 1 unspecified atom stereocenters. The Bertz CT molecular complexity index is 1120. The third-order valence-corrected chi connectivity index (χ3v) is 23.1. The summed E-state index contributed by atoms with van der Waals surface area (Å²) in [5, 5.41) is 0.943. The van der Waals surface area contributed by atoms with Crippen molar-refractivity contribution in [3.8, 4) is 0 Å². The maximum atomic E-state index is 2.40. The lowest BCUT2D eigenvalue weighted by molar-refractivity contribution is 0.511. The molecule has 1 atom stereocenters. The lowest BCUT2D eigenvalue weighted by atomic mass is 10.0. The van der Waals surface area contributed by atoms with Gasteiger partial charge in [0.25, 0.3) is 0 Å². The molecule has 0 bridgehead atoms. The van der Waals surface area contributed by atoms with Crippen molar-refractivity contribution in [3.05, 3.63) is 0 Å². The van der Waals surface area contributed by atoms with Gasteiger partial charge in [-0.2, -0.15) is 23.5 Å². The Labute approximate surface area is 564 Å². The fourth-order valence-corrected chi connectivity index (χ4v) is 16.5. The van der Waals surface area contributed by atoms with Gasteiger partial charge in [-0.1, -0.05) is 489 Å². The van der Waals surface area contributed by atoms with E-state index in [0.29, 0.717) is 0 Å². The lowest BCUT2D eigenvalue weighted by Gasteiger charge is -2.17. The average Bonchev–Trinajstić information content (AvgIpc) is 3.53. The number of thioether (sulfide) groups is 2. The summed E-state index contributed by atoms with van der Waals surface area (Å²) in [6.45, 7) is 6.97. The third-order valence-electron chi connectivity index (χ3n) is 20.4.